The number of nitrogens with zero attached hydrogens (tertiary/aromatic N) is 1. The van der Waals surface area contributed by atoms with Crippen molar-refractivity contribution >= 4 is 39.1 Å². The largest absolute Gasteiger partial charge is 0.490 e. The highest BCUT2D eigenvalue weighted by molar-refractivity contribution is 7.90. The van der Waals surface area contributed by atoms with Crippen LogP contribution in [-0.4, -0.2) is 64.9 Å². The van der Waals surface area contributed by atoms with Gasteiger partial charge in [-0.2, -0.15) is 0 Å². The minimum atomic E-state index is -3.91. The molecule has 1 fully saturated rings. The van der Waals surface area contributed by atoms with E-state index in [-0.39, 0.29) is 41.4 Å². The van der Waals surface area contributed by atoms with E-state index in [2.05, 4.69) is 27.1 Å². The summed E-state index contributed by atoms with van der Waals surface area (Å²) in [6, 6.07) is 11.4. The molecule has 0 aromatic heterocycles. The van der Waals surface area contributed by atoms with Crippen molar-refractivity contribution in [1.82, 2.24) is 10.0 Å². The van der Waals surface area contributed by atoms with Gasteiger partial charge in [0.05, 0.1) is 23.6 Å². The van der Waals surface area contributed by atoms with Gasteiger partial charge in [-0.3, -0.25) is 9.59 Å². The molecule has 2 amide bonds. The first-order valence-corrected chi connectivity index (χ1v) is 17.9. The number of likely N-dealkylation sites (N-methyl/N-ethyl adjacent to an activating group) is 1. The second kappa shape index (κ2) is 13.0. The van der Waals surface area contributed by atoms with Crippen LogP contribution in [0.2, 0.25) is 5.02 Å². The van der Waals surface area contributed by atoms with Crippen LogP contribution in [0.15, 0.2) is 48.6 Å². The number of benzene rings is 2. The van der Waals surface area contributed by atoms with Gasteiger partial charge in [0.1, 0.15) is 12.4 Å². The van der Waals surface area contributed by atoms with E-state index in [0.29, 0.717) is 38.3 Å². The number of anilines is 1. The van der Waals surface area contributed by atoms with E-state index in [4.69, 9.17) is 21.1 Å². The van der Waals surface area contributed by atoms with Crippen LogP contribution in [0.4, 0.5) is 5.69 Å². The number of nitrogens with one attached hydrogen (secondary N) is 2. The predicted molar refractivity (Wildman–Crippen MR) is 174 cm³/mol. The number of rotatable bonds is 3. The summed E-state index contributed by atoms with van der Waals surface area (Å²) in [5.74, 6) is 0.307. The first kappa shape index (κ1) is 31.9. The van der Waals surface area contributed by atoms with Crippen molar-refractivity contribution in [2.45, 2.75) is 68.6 Å². The number of allylic oxidation sites excluding steroid dienone is 1. The maximum absolute atomic E-state index is 13.3. The smallest absolute Gasteiger partial charge is 0.264 e. The van der Waals surface area contributed by atoms with E-state index in [0.717, 1.165) is 42.8 Å². The van der Waals surface area contributed by atoms with Crippen LogP contribution in [0, 0.1) is 11.8 Å². The zero-order chi connectivity index (χ0) is 31.8. The third-order valence-corrected chi connectivity index (χ3v) is 12.2. The van der Waals surface area contributed by atoms with E-state index in [1.165, 1.54) is 11.1 Å². The molecule has 0 radical (unpaired) electrons. The number of aryl methyl sites for hydroxylation is 1. The van der Waals surface area contributed by atoms with Gasteiger partial charge in [-0.1, -0.05) is 29.8 Å². The highest BCUT2D eigenvalue weighted by atomic mass is 35.5. The Hall–Kier alpha value is -3.08. The van der Waals surface area contributed by atoms with Crippen molar-refractivity contribution in [1.29, 1.82) is 0 Å². The molecule has 45 heavy (non-hydrogen) atoms. The topological polar surface area (TPSA) is 114 Å². The summed E-state index contributed by atoms with van der Waals surface area (Å²) in [5, 5.41) is 2.58. The lowest BCUT2D eigenvalue weighted by Gasteiger charge is -2.46. The fourth-order valence-electron chi connectivity index (χ4n) is 7.36. The van der Waals surface area contributed by atoms with Crippen LogP contribution in [0.3, 0.4) is 0 Å². The maximum atomic E-state index is 13.3. The van der Waals surface area contributed by atoms with Gasteiger partial charge in [-0.25, -0.2) is 13.1 Å². The molecule has 2 aliphatic heterocycles. The molecule has 242 valence electrons. The average molecular weight is 656 g/mol. The summed E-state index contributed by atoms with van der Waals surface area (Å²) in [6.07, 6.45) is 9.40. The SMILES string of the molecule is CNC(=O)CO[C@H]1/C=C\CC[C@@H](C)S(=O)(=O)NC(=O)c2ccc3c(c2)N(C[C@@H]2CC[C@H]21)C[C@@]1(CCCc2cc(Cl)ccc21)CO3. The van der Waals surface area contributed by atoms with Gasteiger partial charge >= 0.3 is 0 Å². The van der Waals surface area contributed by atoms with E-state index in [1.807, 2.05) is 18.2 Å². The lowest BCUT2D eigenvalue weighted by Crippen LogP contribution is -2.50. The molecule has 2 bridgehead atoms. The van der Waals surface area contributed by atoms with E-state index in [9.17, 15) is 18.0 Å². The molecule has 1 saturated carbocycles. The molecular formula is C34H42ClN3O6S. The van der Waals surface area contributed by atoms with Crippen LogP contribution >= 0.6 is 11.6 Å². The second-order valence-electron chi connectivity index (χ2n) is 13.0. The average Bonchev–Trinajstić information content (AvgIpc) is 3.15. The van der Waals surface area contributed by atoms with Crippen LogP contribution in [0.1, 0.15) is 66.9 Å². The molecule has 0 saturated heterocycles. The molecule has 4 aliphatic rings. The van der Waals surface area contributed by atoms with Crippen molar-refractivity contribution in [2.75, 3.05) is 38.3 Å². The Morgan fingerprint density at radius 3 is 2.82 bits per heavy atom. The molecule has 5 atom stereocenters. The van der Waals surface area contributed by atoms with Gasteiger partial charge in [0.2, 0.25) is 15.9 Å². The Morgan fingerprint density at radius 1 is 1.20 bits per heavy atom. The van der Waals surface area contributed by atoms with Crippen molar-refractivity contribution in [2.24, 2.45) is 11.8 Å². The minimum Gasteiger partial charge on any atom is -0.490 e. The fraction of sp³-hybridized carbons (Fsp3) is 0.529. The molecule has 2 aromatic rings. The number of hydrogen-bond donors (Lipinski definition) is 2. The number of hydrogen-bond acceptors (Lipinski definition) is 7. The minimum absolute atomic E-state index is 0.0439. The number of halogens is 1. The molecule has 2 N–H and O–H groups in total. The van der Waals surface area contributed by atoms with E-state index < -0.39 is 21.2 Å². The van der Waals surface area contributed by atoms with Gasteiger partial charge in [0.25, 0.3) is 5.91 Å². The van der Waals surface area contributed by atoms with Gasteiger partial charge in [0, 0.05) is 36.1 Å². The zero-order valence-corrected chi connectivity index (χ0v) is 27.5. The summed E-state index contributed by atoms with van der Waals surface area (Å²) in [7, 11) is -2.32. The third-order valence-electron chi connectivity index (χ3n) is 10.2. The Labute approximate surface area is 270 Å². The molecule has 1 spiro atoms. The van der Waals surface area contributed by atoms with Crippen LogP contribution in [0.25, 0.3) is 0 Å². The number of ether oxygens (including phenoxy) is 2. The van der Waals surface area contributed by atoms with Gasteiger partial charge < -0.3 is 19.7 Å². The number of carbonyl (C=O) groups is 2. The molecule has 9 nitrogen and oxygen atoms in total. The summed E-state index contributed by atoms with van der Waals surface area (Å²) >= 11 is 6.41. The first-order valence-electron chi connectivity index (χ1n) is 15.9. The standard InChI is InChI=1S/C34H42ClN3O6S/c1-22-6-3-4-8-30(43-19-32(39)36-2)27-12-9-25(27)18-38-20-34(15-5-7-23-16-26(35)11-13-28(23)34)21-44-31-14-10-24(17-29(31)38)33(40)37-45(22,41)42/h4,8,10-11,13-14,16-17,22,25,27,30H,3,5-7,9,12,15,18-21H2,1-2H3,(H,36,39)(H,37,40)/b8-4-/t22-,25+,27-,30+,34+/m1/s1. The van der Waals surface area contributed by atoms with Gasteiger partial charge in [-0.05, 0) is 105 Å². The number of amides is 2. The van der Waals surface area contributed by atoms with Crippen LogP contribution in [0.5, 0.6) is 5.75 Å². The normalized spacial score (nSPS) is 30.0. The lowest BCUT2D eigenvalue weighted by molar-refractivity contribution is -0.128. The molecule has 6 rings (SSSR count). The lowest BCUT2D eigenvalue weighted by atomic mass is 9.68. The first-order chi connectivity index (χ1) is 21.6. The van der Waals surface area contributed by atoms with Crippen LogP contribution < -0.4 is 19.7 Å². The number of sulfonamides is 1. The quantitative estimate of drug-likeness (QED) is 0.458. The third kappa shape index (κ3) is 6.60. The Balaban J connectivity index is 1.40. The van der Waals surface area contributed by atoms with Crippen molar-refractivity contribution in [3.8, 4) is 5.75 Å². The predicted octanol–water partition coefficient (Wildman–Crippen LogP) is 4.77. The van der Waals surface area contributed by atoms with Crippen molar-refractivity contribution in [3.05, 3.63) is 70.3 Å². The summed E-state index contributed by atoms with van der Waals surface area (Å²) < 4.78 is 41.2. The summed E-state index contributed by atoms with van der Waals surface area (Å²) in [5.41, 5.74) is 3.26. The number of fused-ring (bicyclic) bond motifs is 4. The molecule has 2 heterocycles. The molecule has 11 heteroatoms. The van der Waals surface area contributed by atoms with E-state index >= 15 is 0 Å². The Bertz CT molecular complexity index is 1600. The Morgan fingerprint density at radius 2 is 2.04 bits per heavy atom. The second-order valence-corrected chi connectivity index (χ2v) is 15.6. The Kier molecular flexibility index (Phi) is 9.19. The molecule has 2 aromatic carbocycles. The zero-order valence-electron chi connectivity index (χ0n) is 25.9. The molecular weight excluding hydrogens is 614 g/mol. The highest BCUT2D eigenvalue weighted by Gasteiger charge is 2.44. The molecule has 2 aliphatic carbocycles. The van der Waals surface area contributed by atoms with E-state index in [1.54, 1.807) is 32.2 Å². The van der Waals surface area contributed by atoms with Gasteiger partial charge in [0.15, 0.2) is 0 Å². The monoisotopic (exact) mass is 655 g/mol. The molecule has 0 unspecified atom stereocenters. The van der Waals surface area contributed by atoms with Crippen LogP contribution in [-0.2, 0) is 31.4 Å². The number of carbonyl (C=O) groups excluding carboxylic acids is 2. The highest BCUT2D eigenvalue weighted by Crippen LogP contribution is 2.47. The summed E-state index contributed by atoms with van der Waals surface area (Å²) in [6.45, 7) is 3.43. The van der Waals surface area contributed by atoms with Crippen molar-refractivity contribution in [3.63, 3.8) is 0 Å². The van der Waals surface area contributed by atoms with Gasteiger partial charge in [-0.15, -0.1) is 0 Å². The summed E-state index contributed by atoms with van der Waals surface area (Å²) in [4.78, 5) is 27.8. The van der Waals surface area contributed by atoms with Crippen molar-refractivity contribution < 1.29 is 27.5 Å². The fourth-order valence-corrected chi connectivity index (χ4v) is 8.58. The maximum Gasteiger partial charge on any atom is 0.264 e.